The van der Waals surface area contributed by atoms with Gasteiger partial charge in [0, 0.05) is 25.4 Å². The summed E-state index contributed by atoms with van der Waals surface area (Å²) in [4.78, 5) is 16.6. The van der Waals surface area contributed by atoms with Crippen LogP contribution in [0.4, 0.5) is 0 Å². The van der Waals surface area contributed by atoms with Gasteiger partial charge in [-0.05, 0) is 26.2 Å². The van der Waals surface area contributed by atoms with E-state index in [1.54, 1.807) is 10.7 Å². The Balaban J connectivity index is 2.14. The first-order valence-corrected chi connectivity index (χ1v) is 7.27. The fourth-order valence-electron chi connectivity index (χ4n) is 2.35. The van der Waals surface area contributed by atoms with Gasteiger partial charge in [0.1, 0.15) is 0 Å². The van der Waals surface area contributed by atoms with Crippen LogP contribution in [0.3, 0.4) is 0 Å². The minimum absolute atomic E-state index is 0.146. The molecule has 0 fully saturated rings. The molecule has 6 nitrogen and oxygen atoms in total. The van der Waals surface area contributed by atoms with Crippen LogP contribution in [0.25, 0.3) is 5.65 Å². The van der Waals surface area contributed by atoms with Crippen molar-refractivity contribution in [3.63, 3.8) is 0 Å². The molecule has 21 heavy (non-hydrogen) atoms. The topological polar surface area (TPSA) is 79.5 Å². The van der Waals surface area contributed by atoms with Crippen LogP contribution >= 0.6 is 0 Å². The standard InChI is InChI=1S/C15H22N4O2/c1-4-12(5-6-20)8-17-15(21)13-9-16-14-7-10(2)18-19(14)11(13)3/h7,9,12,20H,4-6,8H2,1-3H3,(H,17,21). The first kappa shape index (κ1) is 15.4. The van der Waals surface area contributed by atoms with Crippen molar-refractivity contribution in [2.75, 3.05) is 13.2 Å². The number of aliphatic hydroxyl groups excluding tert-OH is 1. The van der Waals surface area contributed by atoms with E-state index >= 15 is 0 Å². The number of carbonyl (C=O) groups is 1. The molecule has 0 saturated carbocycles. The van der Waals surface area contributed by atoms with E-state index in [0.29, 0.717) is 24.4 Å². The Morgan fingerprint density at radius 2 is 2.24 bits per heavy atom. The number of nitrogens with zero attached hydrogens (tertiary/aromatic N) is 3. The maximum absolute atomic E-state index is 12.3. The van der Waals surface area contributed by atoms with Crippen LogP contribution in [0.2, 0.25) is 0 Å². The number of aliphatic hydroxyl groups is 1. The molecule has 114 valence electrons. The zero-order valence-corrected chi connectivity index (χ0v) is 12.8. The summed E-state index contributed by atoms with van der Waals surface area (Å²) in [6.45, 7) is 6.52. The van der Waals surface area contributed by atoms with E-state index in [0.717, 1.165) is 23.5 Å². The molecule has 2 aromatic rings. The summed E-state index contributed by atoms with van der Waals surface area (Å²) in [6, 6.07) is 1.88. The van der Waals surface area contributed by atoms with Crippen molar-refractivity contribution in [1.82, 2.24) is 19.9 Å². The Morgan fingerprint density at radius 3 is 2.90 bits per heavy atom. The highest BCUT2D eigenvalue weighted by Crippen LogP contribution is 2.12. The summed E-state index contributed by atoms with van der Waals surface area (Å²) in [6.07, 6.45) is 3.22. The summed E-state index contributed by atoms with van der Waals surface area (Å²) in [7, 11) is 0. The minimum atomic E-state index is -0.147. The average Bonchev–Trinajstić information content (AvgIpc) is 2.85. The van der Waals surface area contributed by atoms with Gasteiger partial charge < -0.3 is 10.4 Å². The molecule has 2 aromatic heterocycles. The predicted molar refractivity (Wildman–Crippen MR) is 80.3 cm³/mol. The van der Waals surface area contributed by atoms with Gasteiger partial charge in [0.15, 0.2) is 5.65 Å². The molecule has 2 heterocycles. The summed E-state index contributed by atoms with van der Waals surface area (Å²) in [5.74, 6) is 0.148. The molecule has 0 radical (unpaired) electrons. The van der Waals surface area contributed by atoms with E-state index in [9.17, 15) is 4.79 Å². The van der Waals surface area contributed by atoms with E-state index in [-0.39, 0.29) is 12.5 Å². The lowest BCUT2D eigenvalue weighted by molar-refractivity contribution is 0.0942. The Hall–Kier alpha value is -1.95. The van der Waals surface area contributed by atoms with Crippen molar-refractivity contribution in [2.24, 2.45) is 5.92 Å². The third-order valence-corrected chi connectivity index (χ3v) is 3.76. The van der Waals surface area contributed by atoms with Crippen LogP contribution in [0, 0.1) is 19.8 Å². The SMILES string of the molecule is CCC(CCO)CNC(=O)c1cnc2cc(C)nn2c1C. The quantitative estimate of drug-likeness (QED) is 0.844. The number of carbonyl (C=O) groups excluding carboxylic acids is 1. The molecule has 6 heteroatoms. The fourth-order valence-corrected chi connectivity index (χ4v) is 2.35. The average molecular weight is 290 g/mol. The normalized spacial score (nSPS) is 12.6. The molecule has 0 aliphatic rings. The molecule has 1 atom stereocenters. The monoisotopic (exact) mass is 290 g/mol. The highest BCUT2D eigenvalue weighted by Gasteiger charge is 2.15. The maximum atomic E-state index is 12.3. The molecule has 0 saturated heterocycles. The number of nitrogens with one attached hydrogen (secondary N) is 1. The van der Waals surface area contributed by atoms with E-state index in [4.69, 9.17) is 5.11 Å². The highest BCUT2D eigenvalue weighted by atomic mass is 16.3. The van der Waals surface area contributed by atoms with E-state index in [2.05, 4.69) is 22.3 Å². The number of rotatable bonds is 6. The zero-order valence-electron chi connectivity index (χ0n) is 12.8. The largest absolute Gasteiger partial charge is 0.396 e. The summed E-state index contributed by atoms with van der Waals surface area (Å²) < 4.78 is 1.69. The second-order valence-corrected chi connectivity index (χ2v) is 5.31. The van der Waals surface area contributed by atoms with E-state index < -0.39 is 0 Å². The predicted octanol–water partition coefficient (Wildman–Crippen LogP) is 1.48. The highest BCUT2D eigenvalue weighted by molar-refractivity contribution is 5.95. The molecule has 0 spiro atoms. The second kappa shape index (κ2) is 6.67. The van der Waals surface area contributed by atoms with Crippen LogP contribution in [0.1, 0.15) is 41.5 Å². The molecule has 2 rings (SSSR count). The molecule has 0 aliphatic carbocycles. The Bertz CT molecular complexity index is 636. The molecule has 1 amide bonds. The van der Waals surface area contributed by atoms with Gasteiger partial charge in [-0.1, -0.05) is 13.3 Å². The first-order chi connectivity index (χ1) is 10.1. The second-order valence-electron chi connectivity index (χ2n) is 5.31. The molecule has 1 unspecified atom stereocenters. The van der Waals surface area contributed by atoms with Crippen LogP contribution in [0.15, 0.2) is 12.3 Å². The van der Waals surface area contributed by atoms with Gasteiger partial charge in [-0.15, -0.1) is 0 Å². The van der Waals surface area contributed by atoms with Crippen LogP contribution in [-0.4, -0.2) is 38.8 Å². The lowest BCUT2D eigenvalue weighted by atomic mass is 10.0. The molecule has 0 aromatic carbocycles. The third-order valence-electron chi connectivity index (χ3n) is 3.76. The van der Waals surface area contributed by atoms with Crippen LogP contribution < -0.4 is 5.32 Å². The molecular weight excluding hydrogens is 268 g/mol. The molecular formula is C15H22N4O2. The number of hydrogen-bond acceptors (Lipinski definition) is 4. The summed E-state index contributed by atoms with van der Waals surface area (Å²) >= 11 is 0. The van der Waals surface area contributed by atoms with Crippen molar-refractivity contribution < 1.29 is 9.90 Å². The number of hydrogen-bond donors (Lipinski definition) is 2. The molecule has 0 bridgehead atoms. The van der Waals surface area contributed by atoms with Crippen molar-refractivity contribution in [1.29, 1.82) is 0 Å². The Morgan fingerprint density at radius 1 is 1.48 bits per heavy atom. The van der Waals surface area contributed by atoms with Gasteiger partial charge in [0.25, 0.3) is 5.91 Å². The lowest BCUT2D eigenvalue weighted by Gasteiger charge is -2.15. The fraction of sp³-hybridized carbons (Fsp3) is 0.533. The molecule has 0 aliphatic heterocycles. The lowest BCUT2D eigenvalue weighted by Crippen LogP contribution is -2.30. The van der Waals surface area contributed by atoms with Crippen molar-refractivity contribution in [3.8, 4) is 0 Å². The third kappa shape index (κ3) is 3.39. The summed E-state index contributed by atoms with van der Waals surface area (Å²) in [5, 5.41) is 16.2. The van der Waals surface area contributed by atoms with Gasteiger partial charge in [0.05, 0.1) is 17.0 Å². The van der Waals surface area contributed by atoms with Gasteiger partial charge >= 0.3 is 0 Å². The molecule has 2 N–H and O–H groups in total. The van der Waals surface area contributed by atoms with Gasteiger partial charge in [-0.2, -0.15) is 5.10 Å². The number of aromatic nitrogens is 3. The number of aryl methyl sites for hydroxylation is 2. The number of fused-ring (bicyclic) bond motifs is 1. The Kier molecular flexibility index (Phi) is 4.90. The van der Waals surface area contributed by atoms with Gasteiger partial charge in [0.2, 0.25) is 0 Å². The zero-order chi connectivity index (χ0) is 15.4. The van der Waals surface area contributed by atoms with Gasteiger partial charge in [-0.25, -0.2) is 9.50 Å². The van der Waals surface area contributed by atoms with Crippen molar-refractivity contribution >= 4 is 11.6 Å². The minimum Gasteiger partial charge on any atom is -0.396 e. The summed E-state index contributed by atoms with van der Waals surface area (Å²) in [5.41, 5.74) is 2.93. The smallest absolute Gasteiger partial charge is 0.254 e. The van der Waals surface area contributed by atoms with Crippen LogP contribution in [0.5, 0.6) is 0 Å². The van der Waals surface area contributed by atoms with E-state index in [1.165, 1.54) is 0 Å². The van der Waals surface area contributed by atoms with Gasteiger partial charge in [-0.3, -0.25) is 4.79 Å². The maximum Gasteiger partial charge on any atom is 0.254 e. The van der Waals surface area contributed by atoms with Crippen LogP contribution in [-0.2, 0) is 0 Å². The van der Waals surface area contributed by atoms with E-state index in [1.807, 2.05) is 19.9 Å². The Labute approximate surface area is 124 Å². The van der Waals surface area contributed by atoms with Crippen molar-refractivity contribution in [3.05, 3.63) is 29.2 Å². The first-order valence-electron chi connectivity index (χ1n) is 7.27. The van der Waals surface area contributed by atoms with Crippen molar-refractivity contribution in [2.45, 2.75) is 33.6 Å². The number of amides is 1.